The molecule has 2 atom stereocenters. The Morgan fingerprint density at radius 3 is 1.81 bits per heavy atom. The summed E-state index contributed by atoms with van der Waals surface area (Å²) < 4.78 is 5.01. The molecule has 3 heterocycles. The average Bonchev–Trinajstić information content (AvgIpc) is 3.94. The summed E-state index contributed by atoms with van der Waals surface area (Å²) in [6.07, 6.45) is 0.881. The van der Waals surface area contributed by atoms with Gasteiger partial charge in [0.1, 0.15) is 0 Å². The number of rotatable bonds is 7. The summed E-state index contributed by atoms with van der Waals surface area (Å²) in [5, 5.41) is 12.3. The second-order valence-electron chi connectivity index (χ2n) is 18.8. The smallest absolute Gasteiger partial charge is 0.155 e. The van der Waals surface area contributed by atoms with Crippen LogP contribution in [0, 0.1) is 5.92 Å². The Morgan fingerprint density at radius 1 is 0.386 bits per heavy atom. The van der Waals surface area contributed by atoms with Crippen molar-refractivity contribution in [2.75, 3.05) is 0 Å². The van der Waals surface area contributed by atoms with Gasteiger partial charge in [0.2, 0.25) is 0 Å². The monoisotopic (exact) mass is 894 g/mol. The zero-order chi connectivity index (χ0) is 46.3. The van der Waals surface area contributed by atoms with E-state index in [1.165, 1.54) is 87.1 Å². The minimum atomic E-state index is -0.105. The van der Waals surface area contributed by atoms with Crippen molar-refractivity contribution in [3.63, 3.8) is 0 Å². The molecule has 1 aliphatic heterocycles. The molecule has 0 amide bonds. The van der Waals surface area contributed by atoms with E-state index in [0.717, 1.165) is 46.0 Å². The van der Waals surface area contributed by atoms with Crippen LogP contribution >= 0.6 is 0 Å². The molecule has 4 nitrogen and oxygen atoms in total. The first-order valence-corrected chi connectivity index (χ1v) is 24.5. The normalized spacial score (nSPS) is 15.2. The third kappa shape index (κ3) is 6.37. The van der Waals surface area contributed by atoms with Gasteiger partial charge in [0.05, 0.1) is 39.5 Å². The van der Waals surface area contributed by atoms with Crippen LogP contribution < -0.4 is 0 Å². The summed E-state index contributed by atoms with van der Waals surface area (Å²) in [6, 6.07) is 86.4. The number of hydrogen-bond donors (Lipinski definition) is 0. The van der Waals surface area contributed by atoms with Crippen LogP contribution in [0.1, 0.15) is 36.1 Å². The molecule has 330 valence electrons. The fraction of sp³-hybridized carbons (Fsp3) is 0.0606. The maximum atomic E-state index is 5.62. The van der Waals surface area contributed by atoms with E-state index in [9.17, 15) is 0 Å². The van der Waals surface area contributed by atoms with Gasteiger partial charge in [0, 0.05) is 44.1 Å². The van der Waals surface area contributed by atoms with Crippen LogP contribution in [0.3, 0.4) is 0 Å². The second kappa shape index (κ2) is 16.1. The highest BCUT2D eigenvalue weighted by molar-refractivity contribution is 6.26. The highest BCUT2D eigenvalue weighted by Gasteiger charge is 2.32. The largest absolute Gasteiger partial charge is 0.309 e. The molecule has 0 spiro atoms. The Balaban J connectivity index is 1.03. The molecule has 13 aromatic rings. The first-order chi connectivity index (χ1) is 34.7. The Labute approximate surface area is 405 Å². The molecule has 0 fully saturated rings. The minimum absolute atomic E-state index is 0.0500. The van der Waals surface area contributed by atoms with Gasteiger partial charge in [0.25, 0.3) is 0 Å². The summed E-state index contributed by atoms with van der Waals surface area (Å²) in [4.78, 5) is 11.1. The predicted octanol–water partition coefficient (Wildman–Crippen LogP) is 17.0. The van der Waals surface area contributed by atoms with Crippen molar-refractivity contribution in [3.05, 3.63) is 253 Å². The van der Waals surface area contributed by atoms with Crippen molar-refractivity contribution in [3.8, 4) is 22.5 Å². The molecule has 4 heteroatoms. The van der Waals surface area contributed by atoms with Gasteiger partial charge < -0.3 is 9.13 Å². The van der Waals surface area contributed by atoms with Crippen LogP contribution in [0.15, 0.2) is 247 Å². The summed E-state index contributed by atoms with van der Waals surface area (Å²) in [5.74, 6) is 0.810. The molecule has 0 N–H and O–H groups in total. The molecule has 0 radical (unpaired) electrons. The van der Waals surface area contributed by atoms with Crippen LogP contribution in [0.5, 0.6) is 0 Å². The van der Waals surface area contributed by atoms with Crippen LogP contribution in [0.4, 0.5) is 0 Å². The number of benzene rings is 11. The van der Waals surface area contributed by atoms with E-state index in [1.54, 1.807) is 0 Å². The van der Waals surface area contributed by atoms with Gasteiger partial charge in [-0.3, -0.25) is 4.99 Å². The van der Waals surface area contributed by atoms with Crippen molar-refractivity contribution >= 4 is 87.5 Å². The number of amidine groups is 1. The van der Waals surface area contributed by atoms with Gasteiger partial charge >= 0.3 is 0 Å². The van der Waals surface area contributed by atoms with Crippen molar-refractivity contribution in [1.29, 1.82) is 0 Å². The van der Waals surface area contributed by atoms with E-state index in [4.69, 9.17) is 9.98 Å². The first-order valence-electron chi connectivity index (χ1n) is 24.5. The third-order valence-corrected chi connectivity index (χ3v) is 14.9. The topological polar surface area (TPSA) is 34.6 Å². The van der Waals surface area contributed by atoms with Crippen molar-refractivity contribution in [2.45, 2.75) is 19.4 Å². The maximum Gasteiger partial charge on any atom is 0.155 e. The molecule has 0 saturated carbocycles. The van der Waals surface area contributed by atoms with Crippen molar-refractivity contribution in [2.24, 2.45) is 15.9 Å². The van der Waals surface area contributed by atoms with Gasteiger partial charge in [-0.2, -0.15) is 0 Å². The molecule has 11 aromatic carbocycles. The number of aromatic nitrogens is 2. The molecular formula is C66H46N4. The summed E-state index contributed by atoms with van der Waals surface area (Å²) in [7, 11) is 0. The van der Waals surface area contributed by atoms with Crippen molar-refractivity contribution < 1.29 is 0 Å². The number of hydrogen-bond acceptors (Lipinski definition) is 2. The van der Waals surface area contributed by atoms with Gasteiger partial charge in [0.15, 0.2) is 5.84 Å². The van der Waals surface area contributed by atoms with E-state index in [-0.39, 0.29) is 12.0 Å². The van der Waals surface area contributed by atoms with E-state index >= 15 is 0 Å². The van der Waals surface area contributed by atoms with Gasteiger partial charge in [-0.1, -0.05) is 195 Å². The van der Waals surface area contributed by atoms with Crippen molar-refractivity contribution in [1.82, 2.24) is 9.13 Å². The maximum absolute atomic E-state index is 5.62. The molecule has 2 unspecified atom stereocenters. The number of fused-ring (bicyclic) bond motifs is 10. The Bertz CT molecular complexity index is 4270. The average molecular weight is 895 g/mol. The molecule has 0 saturated heterocycles. The number of aliphatic imine (C=N–C) groups is 2. The van der Waals surface area contributed by atoms with E-state index in [1.807, 2.05) is 0 Å². The lowest BCUT2D eigenvalue weighted by molar-refractivity contribution is 0.532. The third-order valence-electron chi connectivity index (χ3n) is 14.9. The molecule has 0 bridgehead atoms. The fourth-order valence-corrected chi connectivity index (χ4v) is 11.6. The van der Waals surface area contributed by atoms with E-state index in [0.29, 0.717) is 0 Å². The number of para-hydroxylation sites is 1. The zero-order valence-corrected chi connectivity index (χ0v) is 38.7. The lowest BCUT2D eigenvalue weighted by Crippen LogP contribution is -2.28. The lowest BCUT2D eigenvalue weighted by atomic mass is 9.82. The standard InChI is InChI=1S/C66H46N4/c1-2-52-64(46-21-7-4-8-22-46)67-66(47-31-29-44(30-32-47)42-17-5-3-6-18-42)68-65(52)50-37-49-24-12-13-25-53(49)60(39-50)70-58-28-16-15-27-55(58)56-40-57-62(41-61(56)70)69(51-35-33-43-19-9-10-23-48(43)38-51)59-36-34-45-20-11-14-26-54(45)63(57)59/h3-41,52,64H,2H2,1H3. The molecular weight excluding hydrogens is 849 g/mol. The predicted molar refractivity (Wildman–Crippen MR) is 296 cm³/mol. The lowest BCUT2D eigenvalue weighted by Gasteiger charge is -2.30. The highest BCUT2D eigenvalue weighted by atomic mass is 15.0. The fourth-order valence-electron chi connectivity index (χ4n) is 11.6. The SMILES string of the molecule is CCC1C(c2cc(-n3c4ccccc4c4cc5c6c7ccccc7ccc6n(-c6ccc7ccccc7c6)c5cc43)c3ccccc3c2)=NC(c2ccc(-c3ccccc3)cc2)=NC1c1ccccc1. The van der Waals surface area contributed by atoms with Gasteiger partial charge in [-0.25, -0.2) is 4.99 Å². The second-order valence-corrected chi connectivity index (χ2v) is 18.8. The van der Waals surface area contributed by atoms with Crippen LogP contribution in [-0.2, 0) is 0 Å². The summed E-state index contributed by atoms with van der Waals surface area (Å²) in [6.45, 7) is 2.28. The summed E-state index contributed by atoms with van der Waals surface area (Å²) in [5.41, 5.74) is 13.7. The Kier molecular flexibility index (Phi) is 9.28. The van der Waals surface area contributed by atoms with E-state index < -0.39 is 0 Å². The Morgan fingerprint density at radius 2 is 1.01 bits per heavy atom. The molecule has 14 rings (SSSR count). The zero-order valence-electron chi connectivity index (χ0n) is 38.7. The van der Waals surface area contributed by atoms with Crippen LogP contribution in [0.2, 0.25) is 0 Å². The van der Waals surface area contributed by atoms with Crippen LogP contribution in [-0.4, -0.2) is 20.7 Å². The van der Waals surface area contributed by atoms with E-state index in [2.05, 4.69) is 253 Å². The van der Waals surface area contributed by atoms with Gasteiger partial charge in [-0.05, 0) is 104 Å². The molecule has 70 heavy (non-hydrogen) atoms. The number of nitrogens with zero attached hydrogens (tertiary/aromatic N) is 4. The highest BCUT2D eigenvalue weighted by Crippen LogP contribution is 2.44. The molecule has 0 aliphatic carbocycles. The molecule has 1 aliphatic rings. The van der Waals surface area contributed by atoms with Crippen LogP contribution in [0.25, 0.3) is 98.4 Å². The molecule has 2 aromatic heterocycles. The first kappa shape index (κ1) is 40.2. The minimum Gasteiger partial charge on any atom is -0.309 e. The Hall–Kier alpha value is -8.86. The summed E-state index contributed by atoms with van der Waals surface area (Å²) >= 11 is 0. The van der Waals surface area contributed by atoms with Gasteiger partial charge in [-0.15, -0.1) is 0 Å². The quantitative estimate of drug-likeness (QED) is 0.153.